The molecule has 0 radical (unpaired) electrons. The molecule has 6 heteroatoms. The van der Waals surface area contributed by atoms with Crippen molar-refractivity contribution in [2.24, 2.45) is 5.92 Å². The highest BCUT2D eigenvalue weighted by molar-refractivity contribution is 7.87. The molecule has 106 valence electrons. The molecule has 0 aliphatic carbocycles. The minimum atomic E-state index is -3.28. The van der Waals surface area contributed by atoms with E-state index in [0.717, 1.165) is 45.2 Å². The van der Waals surface area contributed by atoms with Gasteiger partial charge in [0.2, 0.25) is 0 Å². The van der Waals surface area contributed by atoms with E-state index in [4.69, 9.17) is 0 Å². The SMILES string of the molecule is CC1CNCCC1NS(=O)(=O)N1CCCCCC1. The number of nitrogens with one attached hydrogen (secondary N) is 2. The molecule has 0 aromatic carbocycles. The van der Waals surface area contributed by atoms with Gasteiger partial charge in [0.15, 0.2) is 0 Å². The van der Waals surface area contributed by atoms with Gasteiger partial charge in [0.1, 0.15) is 0 Å². The van der Waals surface area contributed by atoms with E-state index in [1.807, 2.05) is 0 Å². The molecule has 2 rings (SSSR count). The Balaban J connectivity index is 1.96. The van der Waals surface area contributed by atoms with Gasteiger partial charge in [0.05, 0.1) is 0 Å². The quantitative estimate of drug-likeness (QED) is 0.797. The maximum Gasteiger partial charge on any atom is 0.279 e. The van der Waals surface area contributed by atoms with Crippen LogP contribution in [0.2, 0.25) is 0 Å². The number of hydrogen-bond acceptors (Lipinski definition) is 3. The normalized spacial score (nSPS) is 32.1. The van der Waals surface area contributed by atoms with Crippen LogP contribution in [0.25, 0.3) is 0 Å². The number of nitrogens with zero attached hydrogens (tertiary/aromatic N) is 1. The summed E-state index contributed by atoms with van der Waals surface area (Å²) in [6.07, 6.45) is 5.16. The largest absolute Gasteiger partial charge is 0.316 e. The smallest absolute Gasteiger partial charge is 0.279 e. The van der Waals surface area contributed by atoms with Gasteiger partial charge in [-0.3, -0.25) is 0 Å². The molecule has 18 heavy (non-hydrogen) atoms. The van der Waals surface area contributed by atoms with Gasteiger partial charge in [0.25, 0.3) is 10.2 Å². The summed E-state index contributed by atoms with van der Waals surface area (Å²) in [7, 11) is -3.28. The summed E-state index contributed by atoms with van der Waals surface area (Å²) in [4.78, 5) is 0. The highest BCUT2D eigenvalue weighted by atomic mass is 32.2. The summed E-state index contributed by atoms with van der Waals surface area (Å²) in [5, 5.41) is 3.29. The Bertz CT molecular complexity index is 350. The molecule has 2 aliphatic rings. The van der Waals surface area contributed by atoms with Crippen LogP contribution in [-0.4, -0.2) is 44.9 Å². The maximum absolute atomic E-state index is 12.3. The van der Waals surface area contributed by atoms with Crippen LogP contribution >= 0.6 is 0 Å². The monoisotopic (exact) mass is 275 g/mol. The summed E-state index contributed by atoms with van der Waals surface area (Å²) in [5.41, 5.74) is 0. The first-order valence-corrected chi connectivity index (χ1v) is 8.52. The molecule has 2 N–H and O–H groups in total. The van der Waals surface area contributed by atoms with Gasteiger partial charge in [-0.15, -0.1) is 0 Å². The fraction of sp³-hybridized carbons (Fsp3) is 1.00. The van der Waals surface area contributed by atoms with E-state index in [0.29, 0.717) is 19.0 Å². The first-order chi connectivity index (χ1) is 8.59. The van der Waals surface area contributed by atoms with Crippen LogP contribution in [0.15, 0.2) is 0 Å². The van der Waals surface area contributed by atoms with Crippen molar-refractivity contribution in [3.05, 3.63) is 0 Å². The average Bonchev–Trinajstić information content (AvgIpc) is 2.61. The second-order valence-corrected chi connectivity index (χ2v) is 7.21. The summed E-state index contributed by atoms with van der Waals surface area (Å²) in [5.74, 6) is 0.362. The van der Waals surface area contributed by atoms with Gasteiger partial charge in [-0.1, -0.05) is 19.8 Å². The van der Waals surface area contributed by atoms with Gasteiger partial charge < -0.3 is 5.32 Å². The Morgan fingerprint density at radius 1 is 1.17 bits per heavy atom. The topological polar surface area (TPSA) is 61.4 Å². The molecule has 0 bridgehead atoms. The molecule has 2 unspecified atom stereocenters. The van der Waals surface area contributed by atoms with E-state index < -0.39 is 10.2 Å². The lowest BCUT2D eigenvalue weighted by Crippen LogP contribution is -2.52. The summed E-state index contributed by atoms with van der Waals surface area (Å²) in [6.45, 7) is 5.25. The molecule has 2 fully saturated rings. The van der Waals surface area contributed by atoms with Crippen LogP contribution in [0.1, 0.15) is 39.0 Å². The van der Waals surface area contributed by atoms with Gasteiger partial charge in [-0.05, 0) is 38.3 Å². The van der Waals surface area contributed by atoms with Gasteiger partial charge in [-0.25, -0.2) is 0 Å². The van der Waals surface area contributed by atoms with Crippen LogP contribution in [-0.2, 0) is 10.2 Å². The second-order valence-electron chi connectivity index (χ2n) is 5.51. The van der Waals surface area contributed by atoms with Crippen molar-refractivity contribution < 1.29 is 8.42 Å². The standard InChI is InChI=1S/C12H25N3O2S/c1-11-10-13-7-6-12(11)14-18(16,17)15-8-4-2-3-5-9-15/h11-14H,2-10H2,1H3. The van der Waals surface area contributed by atoms with Crippen LogP contribution in [0, 0.1) is 5.92 Å². The van der Waals surface area contributed by atoms with Crippen molar-refractivity contribution >= 4 is 10.2 Å². The molecular formula is C12H25N3O2S. The lowest BCUT2D eigenvalue weighted by Gasteiger charge is -2.32. The van der Waals surface area contributed by atoms with E-state index in [9.17, 15) is 8.42 Å². The van der Waals surface area contributed by atoms with E-state index >= 15 is 0 Å². The minimum Gasteiger partial charge on any atom is -0.316 e. The average molecular weight is 275 g/mol. The van der Waals surface area contributed by atoms with Crippen molar-refractivity contribution in [3.63, 3.8) is 0 Å². The van der Waals surface area contributed by atoms with Crippen molar-refractivity contribution in [1.82, 2.24) is 14.3 Å². The van der Waals surface area contributed by atoms with E-state index in [2.05, 4.69) is 17.0 Å². The zero-order valence-corrected chi connectivity index (χ0v) is 12.0. The third-order valence-electron chi connectivity index (χ3n) is 3.99. The molecule has 2 aliphatic heterocycles. The molecule has 2 heterocycles. The van der Waals surface area contributed by atoms with Crippen LogP contribution in [0.4, 0.5) is 0 Å². The van der Waals surface area contributed by atoms with Crippen molar-refractivity contribution in [2.45, 2.75) is 45.1 Å². The molecule has 2 atom stereocenters. The van der Waals surface area contributed by atoms with Crippen LogP contribution in [0.3, 0.4) is 0 Å². The van der Waals surface area contributed by atoms with Gasteiger partial charge in [0, 0.05) is 19.1 Å². The zero-order valence-electron chi connectivity index (χ0n) is 11.2. The molecule has 0 aromatic rings. The van der Waals surface area contributed by atoms with Crippen molar-refractivity contribution in [1.29, 1.82) is 0 Å². The maximum atomic E-state index is 12.3. The fourth-order valence-corrected chi connectivity index (χ4v) is 4.36. The molecule has 2 saturated heterocycles. The first-order valence-electron chi connectivity index (χ1n) is 7.08. The van der Waals surface area contributed by atoms with E-state index in [1.54, 1.807) is 4.31 Å². The van der Waals surface area contributed by atoms with Crippen molar-refractivity contribution in [3.8, 4) is 0 Å². The Morgan fingerprint density at radius 2 is 1.83 bits per heavy atom. The van der Waals surface area contributed by atoms with E-state index in [-0.39, 0.29) is 6.04 Å². The Hall–Kier alpha value is -0.170. The highest BCUT2D eigenvalue weighted by Crippen LogP contribution is 2.16. The third kappa shape index (κ3) is 3.66. The predicted molar refractivity (Wildman–Crippen MR) is 72.5 cm³/mol. The molecule has 0 saturated carbocycles. The number of piperidine rings is 1. The first kappa shape index (κ1) is 14.2. The van der Waals surface area contributed by atoms with Gasteiger partial charge >= 0.3 is 0 Å². The lowest BCUT2D eigenvalue weighted by molar-refractivity contribution is 0.316. The van der Waals surface area contributed by atoms with Crippen LogP contribution < -0.4 is 10.0 Å². The third-order valence-corrected chi connectivity index (χ3v) is 5.64. The zero-order chi connectivity index (χ0) is 13.0. The fourth-order valence-electron chi connectivity index (χ4n) is 2.74. The predicted octanol–water partition coefficient (Wildman–Crippen LogP) is 0.695. The highest BCUT2D eigenvalue weighted by Gasteiger charge is 2.29. The second kappa shape index (κ2) is 6.32. The molecule has 5 nitrogen and oxygen atoms in total. The Kier molecular flexibility index (Phi) is 5.00. The summed E-state index contributed by atoms with van der Waals surface area (Å²) in [6, 6.07) is 0.0829. The summed E-state index contributed by atoms with van der Waals surface area (Å²) < 4.78 is 29.2. The minimum absolute atomic E-state index is 0.0829. The Labute approximate surface area is 110 Å². The molecule has 0 spiro atoms. The molecular weight excluding hydrogens is 250 g/mol. The number of hydrogen-bond donors (Lipinski definition) is 2. The number of rotatable bonds is 3. The summed E-state index contributed by atoms with van der Waals surface area (Å²) >= 11 is 0. The lowest BCUT2D eigenvalue weighted by atomic mass is 9.97. The Morgan fingerprint density at radius 3 is 2.44 bits per heavy atom. The van der Waals surface area contributed by atoms with Crippen molar-refractivity contribution in [2.75, 3.05) is 26.2 Å². The van der Waals surface area contributed by atoms with E-state index in [1.165, 1.54) is 0 Å². The van der Waals surface area contributed by atoms with Crippen LogP contribution in [0.5, 0.6) is 0 Å². The molecule has 0 amide bonds. The van der Waals surface area contributed by atoms with Gasteiger partial charge in [-0.2, -0.15) is 17.4 Å². The molecule has 0 aromatic heterocycles.